The standard InChI is InChI=1S/C9H19N3O3S/c1-2-12-16(14,15)6-5-10-9(13)7-11-8-3-4-8/h8,11-12H,2-7H2,1H3,(H,10,13). The molecule has 6 nitrogen and oxygen atoms in total. The second kappa shape index (κ2) is 6.17. The summed E-state index contributed by atoms with van der Waals surface area (Å²) in [6.07, 6.45) is 2.25. The lowest BCUT2D eigenvalue weighted by Crippen LogP contribution is -2.39. The van der Waals surface area contributed by atoms with E-state index < -0.39 is 10.0 Å². The zero-order valence-corrected chi connectivity index (χ0v) is 10.3. The molecule has 0 aromatic rings. The van der Waals surface area contributed by atoms with E-state index >= 15 is 0 Å². The van der Waals surface area contributed by atoms with Crippen molar-refractivity contribution in [3.63, 3.8) is 0 Å². The molecule has 1 amide bonds. The summed E-state index contributed by atoms with van der Waals surface area (Å²) in [6.45, 7) is 2.52. The molecule has 1 aliphatic rings. The van der Waals surface area contributed by atoms with Crippen molar-refractivity contribution in [1.82, 2.24) is 15.4 Å². The van der Waals surface area contributed by atoms with Gasteiger partial charge in [-0.25, -0.2) is 13.1 Å². The molecule has 1 saturated carbocycles. The summed E-state index contributed by atoms with van der Waals surface area (Å²) in [4.78, 5) is 11.2. The number of carbonyl (C=O) groups excluding carboxylic acids is 1. The highest BCUT2D eigenvalue weighted by Gasteiger charge is 2.21. The van der Waals surface area contributed by atoms with Crippen LogP contribution in [-0.4, -0.2) is 45.8 Å². The van der Waals surface area contributed by atoms with E-state index in [1.165, 1.54) is 0 Å². The van der Waals surface area contributed by atoms with Gasteiger partial charge in [-0.2, -0.15) is 0 Å². The summed E-state index contributed by atoms with van der Waals surface area (Å²) in [7, 11) is -3.23. The van der Waals surface area contributed by atoms with Crippen molar-refractivity contribution in [3.8, 4) is 0 Å². The normalized spacial score (nSPS) is 16.1. The lowest BCUT2D eigenvalue weighted by molar-refractivity contribution is -0.120. The van der Waals surface area contributed by atoms with Gasteiger partial charge in [0.15, 0.2) is 0 Å². The lowest BCUT2D eigenvalue weighted by atomic mass is 10.5. The fraction of sp³-hybridized carbons (Fsp3) is 0.889. The molecule has 0 unspecified atom stereocenters. The van der Waals surface area contributed by atoms with Crippen LogP contribution in [0.4, 0.5) is 0 Å². The van der Waals surface area contributed by atoms with Gasteiger partial charge in [-0.1, -0.05) is 6.92 Å². The zero-order chi connectivity index (χ0) is 12.0. The van der Waals surface area contributed by atoms with Crippen molar-refractivity contribution in [3.05, 3.63) is 0 Å². The zero-order valence-electron chi connectivity index (χ0n) is 9.45. The Bertz CT molecular complexity index is 325. The van der Waals surface area contributed by atoms with Crippen LogP contribution in [0.5, 0.6) is 0 Å². The van der Waals surface area contributed by atoms with Crippen molar-refractivity contribution in [1.29, 1.82) is 0 Å². The van der Waals surface area contributed by atoms with Gasteiger partial charge in [-0.15, -0.1) is 0 Å². The van der Waals surface area contributed by atoms with Crippen molar-refractivity contribution in [2.45, 2.75) is 25.8 Å². The molecular formula is C9H19N3O3S. The Morgan fingerprint density at radius 2 is 2.06 bits per heavy atom. The first-order chi connectivity index (χ1) is 7.53. The average Bonchev–Trinajstić information content (AvgIpc) is 2.97. The van der Waals surface area contributed by atoms with Crippen LogP contribution < -0.4 is 15.4 Å². The van der Waals surface area contributed by atoms with E-state index in [1.54, 1.807) is 6.92 Å². The molecule has 0 saturated heterocycles. The predicted molar refractivity (Wildman–Crippen MR) is 61.5 cm³/mol. The molecule has 0 heterocycles. The van der Waals surface area contributed by atoms with Gasteiger partial charge >= 0.3 is 0 Å². The minimum Gasteiger partial charge on any atom is -0.354 e. The van der Waals surface area contributed by atoms with Gasteiger partial charge < -0.3 is 10.6 Å². The first kappa shape index (κ1) is 13.4. The second-order valence-corrected chi connectivity index (χ2v) is 5.75. The highest BCUT2D eigenvalue weighted by atomic mass is 32.2. The van der Waals surface area contributed by atoms with Crippen LogP contribution in [0.2, 0.25) is 0 Å². The number of carbonyl (C=O) groups is 1. The third-order valence-corrected chi connectivity index (χ3v) is 3.66. The molecule has 0 aliphatic heterocycles. The molecule has 94 valence electrons. The number of sulfonamides is 1. The highest BCUT2D eigenvalue weighted by Crippen LogP contribution is 2.17. The van der Waals surface area contributed by atoms with E-state index in [0.29, 0.717) is 12.6 Å². The largest absolute Gasteiger partial charge is 0.354 e. The van der Waals surface area contributed by atoms with E-state index in [9.17, 15) is 13.2 Å². The first-order valence-electron chi connectivity index (χ1n) is 5.51. The molecule has 0 aromatic heterocycles. The monoisotopic (exact) mass is 249 g/mol. The summed E-state index contributed by atoms with van der Waals surface area (Å²) in [5.74, 6) is -0.227. The van der Waals surface area contributed by atoms with E-state index in [4.69, 9.17) is 0 Å². The first-order valence-corrected chi connectivity index (χ1v) is 7.16. The van der Waals surface area contributed by atoms with E-state index in [2.05, 4.69) is 15.4 Å². The van der Waals surface area contributed by atoms with Crippen LogP contribution >= 0.6 is 0 Å². The van der Waals surface area contributed by atoms with Gasteiger partial charge in [-0.05, 0) is 12.8 Å². The van der Waals surface area contributed by atoms with E-state index in [-0.39, 0.29) is 24.7 Å². The predicted octanol–water partition coefficient (Wildman–Crippen LogP) is -1.21. The summed E-state index contributed by atoms with van der Waals surface area (Å²) >= 11 is 0. The van der Waals surface area contributed by atoms with Crippen LogP contribution in [0.15, 0.2) is 0 Å². The smallest absolute Gasteiger partial charge is 0.233 e. The van der Waals surface area contributed by atoms with Crippen LogP contribution in [0.1, 0.15) is 19.8 Å². The van der Waals surface area contributed by atoms with Gasteiger partial charge in [0.25, 0.3) is 0 Å². The molecule has 7 heteroatoms. The quantitative estimate of drug-likeness (QED) is 0.504. The molecule has 3 N–H and O–H groups in total. The Morgan fingerprint density at radius 1 is 1.38 bits per heavy atom. The Hall–Kier alpha value is -0.660. The second-order valence-electron chi connectivity index (χ2n) is 3.82. The molecule has 0 aromatic carbocycles. The highest BCUT2D eigenvalue weighted by molar-refractivity contribution is 7.89. The van der Waals surface area contributed by atoms with Gasteiger partial charge in [0.2, 0.25) is 15.9 Å². The molecule has 16 heavy (non-hydrogen) atoms. The Labute approximate surface area is 96.2 Å². The van der Waals surface area contributed by atoms with Crippen molar-refractivity contribution in [2.24, 2.45) is 0 Å². The Morgan fingerprint density at radius 3 is 2.62 bits per heavy atom. The molecule has 0 spiro atoms. The number of amides is 1. The van der Waals surface area contributed by atoms with Crippen molar-refractivity contribution < 1.29 is 13.2 Å². The van der Waals surface area contributed by atoms with Gasteiger partial charge in [0.1, 0.15) is 0 Å². The fourth-order valence-corrected chi connectivity index (χ4v) is 2.16. The maximum Gasteiger partial charge on any atom is 0.233 e. The number of rotatable bonds is 8. The van der Waals surface area contributed by atoms with Crippen LogP contribution in [0.25, 0.3) is 0 Å². The third-order valence-electron chi connectivity index (χ3n) is 2.19. The third kappa shape index (κ3) is 6.04. The van der Waals surface area contributed by atoms with Gasteiger partial charge in [0.05, 0.1) is 12.3 Å². The summed E-state index contributed by atoms with van der Waals surface area (Å²) in [6, 6.07) is 0.483. The Balaban J connectivity index is 2.06. The van der Waals surface area contributed by atoms with Crippen molar-refractivity contribution in [2.75, 3.05) is 25.4 Å². The van der Waals surface area contributed by atoms with Gasteiger partial charge in [0, 0.05) is 19.1 Å². The molecule has 1 fully saturated rings. The minimum atomic E-state index is -3.23. The maximum atomic E-state index is 11.2. The summed E-state index contributed by atoms with van der Waals surface area (Å²) in [5.41, 5.74) is 0. The van der Waals surface area contributed by atoms with Crippen LogP contribution in [-0.2, 0) is 14.8 Å². The van der Waals surface area contributed by atoms with E-state index in [1.807, 2.05) is 0 Å². The molecule has 1 rings (SSSR count). The molecule has 0 atom stereocenters. The minimum absolute atomic E-state index is 0.0734. The van der Waals surface area contributed by atoms with Crippen LogP contribution in [0.3, 0.4) is 0 Å². The summed E-state index contributed by atoms with van der Waals surface area (Å²) in [5, 5.41) is 5.61. The number of nitrogens with one attached hydrogen (secondary N) is 3. The molecular weight excluding hydrogens is 230 g/mol. The molecule has 0 radical (unpaired) electrons. The maximum absolute atomic E-state index is 11.2. The topological polar surface area (TPSA) is 87.3 Å². The molecule has 1 aliphatic carbocycles. The molecule has 0 bridgehead atoms. The lowest BCUT2D eigenvalue weighted by Gasteiger charge is -2.07. The SMILES string of the molecule is CCNS(=O)(=O)CCNC(=O)CNC1CC1. The number of hydrogen-bond acceptors (Lipinski definition) is 4. The van der Waals surface area contributed by atoms with Crippen LogP contribution in [0, 0.1) is 0 Å². The van der Waals surface area contributed by atoms with E-state index in [0.717, 1.165) is 12.8 Å². The average molecular weight is 249 g/mol. The van der Waals surface area contributed by atoms with Crippen molar-refractivity contribution >= 4 is 15.9 Å². The fourth-order valence-electron chi connectivity index (χ4n) is 1.20. The van der Waals surface area contributed by atoms with Gasteiger partial charge in [-0.3, -0.25) is 4.79 Å². The Kier molecular flexibility index (Phi) is 5.17. The number of hydrogen-bond donors (Lipinski definition) is 3. The summed E-state index contributed by atoms with van der Waals surface area (Å²) < 4.78 is 24.8.